The lowest BCUT2D eigenvalue weighted by atomic mass is 9.95. The summed E-state index contributed by atoms with van der Waals surface area (Å²) in [5.74, 6) is -0.359. The zero-order valence-corrected chi connectivity index (χ0v) is 19.3. The highest BCUT2D eigenvalue weighted by molar-refractivity contribution is 5.78. The molecule has 3 aromatic rings. The molecule has 0 aliphatic rings. The lowest BCUT2D eigenvalue weighted by molar-refractivity contribution is 0.101. The van der Waals surface area contributed by atoms with Crippen LogP contribution in [-0.4, -0.2) is 17.3 Å². The van der Waals surface area contributed by atoms with Crippen LogP contribution in [0.2, 0.25) is 0 Å². The Labute approximate surface area is 192 Å². The van der Waals surface area contributed by atoms with Crippen molar-refractivity contribution in [2.24, 2.45) is 7.05 Å². The van der Waals surface area contributed by atoms with Crippen molar-refractivity contribution in [1.29, 1.82) is 0 Å². The maximum absolute atomic E-state index is 13.7. The van der Waals surface area contributed by atoms with E-state index in [4.69, 9.17) is 14.2 Å². The second kappa shape index (κ2) is 10.9. The van der Waals surface area contributed by atoms with Crippen LogP contribution in [0.3, 0.4) is 0 Å². The van der Waals surface area contributed by atoms with Gasteiger partial charge in [-0.05, 0) is 36.1 Å². The van der Waals surface area contributed by atoms with E-state index in [0.29, 0.717) is 29.0 Å². The van der Waals surface area contributed by atoms with Crippen molar-refractivity contribution in [3.8, 4) is 16.9 Å². The summed E-state index contributed by atoms with van der Waals surface area (Å²) in [4.78, 5) is 25.7. The molecule has 0 unspecified atom stereocenters. The van der Waals surface area contributed by atoms with E-state index in [1.165, 1.54) is 16.7 Å². The molecule has 0 bridgehead atoms. The molecule has 0 atom stereocenters. The maximum atomic E-state index is 13.7. The van der Waals surface area contributed by atoms with Gasteiger partial charge in [0.1, 0.15) is 5.82 Å². The fraction of sp³-hybridized carbons (Fsp3) is 0.308. The van der Waals surface area contributed by atoms with Crippen molar-refractivity contribution in [3.63, 3.8) is 0 Å². The number of benzene rings is 2. The predicted octanol–water partition coefficient (Wildman–Crippen LogP) is 5.57. The van der Waals surface area contributed by atoms with Gasteiger partial charge in [-0.1, -0.05) is 56.3 Å². The second-order valence-electron chi connectivity index (χ2n) is 7.86. The largest absolute Gasteiger partial charge is 0.513 e. The van der Waals surface area contributed by atoms with Gasteiger partial charge in [-0.25, -0.2) is 9.18 Å². The van der Waals surface area contributed by atoms with Crippen molar-refractivity contribution in [2.75, 3.05) is 6.61 Å². The second-order valence-corrected chi connectivity index (χ2v) is 7.86. The molecule has 0 spiro atoms. The van der Waals surface area contributed by atoms with Crippen molar-refractivity contribution < 1.29 is 23.4 Å². The first kappa shape index (κ1) is 24.2. The van der Waals surface area contributed by atoms with Crippen molar-refractivity contribution in [1.82, 2.24) is 4.57 Å². The highest BCUT2D eigenvalue weighted by atomic mass is 19.1. The van der Waals surface area contributed by atoms with Crippen molar-refractivity contribution in [3.05, 3.63) is 87.6 Å². The summed E-state index contributed by atoms with van der Waals surface area (Å²) in [6.45, 7) is 5.88. The van der Waals surface area contributed by atoms with E-state index in [9.17, 15) is 14.0 Å². The Morgan fingerprint density at radius 3 is 2.30 bits per heavy atom. The Hall–Kier alpha value is -3.45. The minimum atomic E-state index is -0.877. The molecule has 0 aliphatic carbocycles. The molecule has 0 amide bonds. The fourth-order valence-electron chi connectivity index (χ4n) is 3.72. The lowest BCUT2D eigenvalue weighted by Crippen LogP contribution is -2.28. The third kappa shape index (κ3) is 5.68. The Morgan fingerprint density at radius 1 is 1.03 bits per heavy atom. The molecule has 0 radical (unpaired) electrons. The van der Waals surface area contributed by atoms with Gasteiger partial charge in [0.05, 0.1) is 31.1 Å². The number of carbonyl (C=O) groups is 1. The molecule has 1 aromatic heterocycles. The van der Waals surface area contributed by atoms with Crippen LogP contribution in [0.5, 0.6) is 5.75 Å². The molecule has 33 heavy (non-hydrogen) atoms. The van der Waals surface area contributed by atoms with Crippen LogP contribution in [0.25, 0.3) is 11.1 Å². The van der Waals surface area contributed by atoms with Crippen LogP contribution in [0, 0.1) is 5.82 Å². The van der Waals surface area contributed by atoms with E-state index in [0.717, 1.165) is 5.56 Å². The summed E-state index contributed by atoms with van der Waals surface area (Å²) in [6, 6.07) is 15.3. The highest BCUT2D eigenvalue weighted by Gasteiger charge is 2.27. The number of hydrogen-bond acceptors (Lipinski definition) is 5. The normalized spacial score (nSPS) is 11.0. The molecule has 6 nitrogen and oxygen atoms in total. The third-order valence-corrected chi connectivity index (χ3v) is 5.17. The number of ether oxygens (including phenoxy) is 3. The zero-order chi connectivity index (χ0) is 24.0. The van der Waals surface area contributed by atoms with Gasteiger partial charge in [0, 0.05) is 12.6 Å². The minimum Gasteiger partial charge on any atom is -0.434 e. The summed E-state index contributed by atoms with van der Waals surface area (Å²) in [5, 5.41) is 0. The van der Waals surface area contributed by atoms with E-state index >= 15 is 0 Å². The van der Waals surface area contributed by atoms with Gasteiger partial charge in [0.2, 0.25) is 0 Å². The van der Waals surface area contributed by atoms with E-state index in [2.05, 4.69) is 0 Å². The van der Waals surface area contributed by atoms with E-state index in [1.807, 2.05) is 44.2 Å². The number of carbonyl (C=O) groups excluding carboxylic acids is 1. The Morgan fingerprint density at radius 2 is 1.70 bits per heavy atom. The van der Waals surface area contributed by atoms with Crippen molar-refractivity contribution >= 4 is 6.16 Å². The average Bonchev–Trinajstić information content (AvgIpc) is 2.78. The monoisotopic (exact) mass is 453 g/mol. The number of hydrogen-bond donors (Lipinski definition) is 0. The molecule has 0 saturated heterocycles. The van der Waals surface area contributed by atoms with Crippen LogP contribution in [-0.2, 0) is 29.7 Å². The first-order valence-corrected chi connectivity index (χ1v) is 10.8. The van der Waals surface area contributed by atoms with Gasteiger partial charge >= 0.3 is 6.16 Å². The van der Waals surface area contributed by atoms with Crippen LogP contribution < -0.4 is 10.3 Å². The topological polar surface area (TPSA) is 66.8 Å². The molecule has 0 aliphatic heterocycles. The maximum Gasteiger partial charge on any atom is 0.513 e. The molecule has 3 rings (SSSR count). The molecule has 174 valence electrons. The molecular formula is C26H28FNO5. The SMILES string of the molecule is CCOC(=O)Oc1c(-c2ccc(F)cc2)c(COCc2ccccc2)c(=O)n(C)c1C(C)C. The van der Waals surface area contributed by atoms with Gasteiger partial charge in [0.25, 0.3) is 5.56 Å². The smallest absolute Gasteiger partial charge is 0.434 e. The van der Waals surface area contributed by atoms with Crippen LogP contribution in [0.1, 0.15) is 43.5 Å². The summed E-state index contributed by atoms with van der Waals surface area (Å²) in [5.41, 5.74) is 2.45. The number of rotatable bonds is 8. The zero-order valence-electron chi connectivity index (χ0n) is 19.3. The number of halogens is 1. The van der Waals surface area contributed by atoms with Crippen LogP contribution >= 0.6 is 0 Å². The first-order chi connectivity index (χ1) is 15.8. The molecule has 7 heteroatoms. The average molecular weight is 454 g/mol. The quantitative estimate of drug-likeness (QED) is 0.417. The van der Waals surface area contributed by atoms with Crippen LogP contribution in [0.4, 0.5) is 9.18 Å². The minimum absolute atomic E-state index is 0.0220. The third-order valence-electron chi connectivity index (χ3n) is 5.17. The molecule has 0 saturated carbocycles. The lowest BCUT2D eigenvalue weighted by Gasteiger charge is -2.23. The Balaban J connectivity index is 2.16. The van der Waals surface area contributed by atoms with Crippen LogP contribution in [0.15, 0.2) is 59.4 Å². The van der Waals surface area contributed by atoms with Gasteiger partial charge in [-0.15, -0.1) is 0 Å². The Kier molecular flexibility index (Phi) is 8.01. The molecule has 0 fully saturated rings. The van der Waals surface area contributed by atoms with Gasteiger partial charge in [-0.3, -0.25) is 4.79 Å². The molecule has 1 heterocycles. The molecule has 0 N–H and O–H groups in total. The standard InChI is InChI=1S/C26H28FNO5/c1-5-32-26(30)33-24-22(19-11-13-20(27)14-12-19)21(25(29)28(4)23(24)17(2)3)16-31-15-18-9-7-6-8-10-18/h6-14,17H,5,15-16H2,1-4H3. The molecular weight excluding hydrogens is 425 g/mol. The van der Waals surface area contributed by atoms with E-state index < -0.39 is 12.0 Å². The number of nitrogens with zero attached hydrogens (tertiary/aromatic N) is 1. The van der Waals surface area contributed by atoms with Gasteiger partial charge < -0.3 is 18.8 Å². The number of aromatic nitrogens is 1. The van der Waals surface area contributed by atoms with Crippen molar-refractivity contribution in [2.45, 2.75) is 39.9 Å². The summed E-state index contributed by atoms with van der Waals surface area (Å²) in [7, 11) is 1.63. The fourth-order valence-corrected chi connectivity index (χ4v) is 3.72. The van der Waals surface area contributed by atoms with Gasteiger partial charge in [-0.2, -0.15) is 0 Å². The summed E-state index contributed by atoms with van der Waals surface area (Å²) >= 11 is 0. The predicted molar refractivity (Wildman–Crippen MR) is 124 cm³/mol. The number of pyridine rings is 1. The summed E-state index contributed by atoms with van der Waals surface area (Å²) < 4.78 is 31.6. The van der Waals surface area contributed by atoms with Gasteiger partial charge in [0.15, 0.2) is 5.75 Å². The van der Waals surface area contributed by atoms with E-state index in [-0.39, 0.29) is 30.4 Å². The Bertz CT molecular complexity index is 1150. The summed E-state index contributed by atoms with van der Waals surface area (Å²) in [6.07, 6.45) is -0.877. The highest BCUT2D eigenvalue weighted by Crippen LogP contribution is 2.38. The molecule has 2 aromatic carbocycles. The first-order valence-electron chi connectivity index (χ1n) is 10.8. The van der Waals surface area contributed by atoms with E-state index in [1.54, 1.807) is 26.1 Å².